The van der Waals surface area contributed by atoms with Gasteiger partial charge in [0, 0.05) is 19.3 Å². The second-order valence-electron chi connectivity index (χ2n) is 9.99. The number of dihydropyridines is 1. The van der Waals surface area contributed by atoms with Crippen LogP contribution in [0.3, 0.4) is 0 Å². The van der Waals surface area contributed by atoms with Crippen LogP contribution in [0.15, 0.2) is 90.6 Å². The van der Waals surface area contributed by atoms with Gasteiger partial charge in [-0.1, -0.05) is 79.7 Å². The zero-order valence-electron chi connectivity index (χ0n) is 22.0. The van der Waals surface area contributed by atoms with E-state index in [2.05, 4.69) is 84.4 Å². The second-order valence-corrected chi connectivity index (χ2v) is 9.99. The van der Waals surface area contributed by atoms with Gasteiger partial charge in [-0.3, -0.25) is 4.79 Å². The van der Waals surface area contributed by atoms with Crippen molar-refractivity contribution < 1.29 is 9.53 Å². The average Bonchev–Trinajstić information content (AvgIpc) is 3.40. The van der Waals surface area contributed by atoms with E-state index in [1.807, 2.05) is 30.5 Å². The molecule has 1 amide bonds. The number of aryl methyl sites for hydroxylation is 2. The van der Waals surface area contributed by atoms with E-state index in [4.69, 9.17) is 10.5 Å². The van der Waals surface area contributed by atoms with Crippen LogP contribution in [0.2, 0.25) is 0 Å². The van der Waals surface area contributed by atoms with Gasteiger partial charge in [0.2, 0.25) is 0 Å². The minimum Gasteiger partial charge on any atom is -0.371 e. The summed E-state index contributed by atoms with van der Waals surface area (Å²) in [5.74, 6) is -0.178. The summed E-state index contributed by atoms with van der Waals surface area (Å²) in [6.45, 7) is 6.17. The van der Waals surface area contributed by atoms with E-state index in [1.54, 1.807) is 0 Å². The monoisotopic (exact) mass is 508 g/mol. The first-order valence-electron chi connectivity index (χ1n) is 13.3. The van der Waals surface area contributed by atoms with Gasteiger partial charge in [-0.2, -0.15) is 0 Å². The number of nitrogens with two attached hydrogens (primary N) is 1. The number of allylic oxidation sites excluding steroid dienone is 2. The van der Waals surface area contributed by atoms with Gasteiger partial charge in [0.1, 0.15) is 6.17 Å². The first kappa shape index (κ1) is 25.9. The van der Waals surface area contributed by atoms with Crippen LogP contribution in [0, 0.1) is 6.92 Å². The van der Waals surface area contributed by atoms with E-state index in [1.165, 1.54) is 16.7 Å². The lowest BCUT2D eigenvalue weighted by atomic mass is 9.97. The molecule has 196 valence electrons. The molecule has 3 atom stereocenters. The van der Waals surface area contributed by atoms with E-state index in [0.29, 0.717) is 25.3 Å². The first-order valence-corrected chi connectivity index (χ1v) is 13.3. The molecule has 0 aromatic heterocycles. The number of hydrogen-bond acceptors (Lipinski definition) is 5. The van der Waals surface area contributed by atoms with E-state index in [0.717, 1.165) is 28.7 Å². The van der Waals surface area contributed by atoms with Gasteiger partial charge < -0.3 is 26.4 Å². The van der Waals surface area contributed by atoms with Crippen molar-refractivity contribution in [3.8, 4) is 11.1 Å². The zero-order valence-corrected chi connectivity index (χ0v) is 22.0. The van der Waals surface area contributed by atoms with Crippen molar-refractivity contribution in [1.82, 2.24) is 16.0 Å². The van der Waals surface area contributed by atoms with E-state index >= 15 is 0 Å². The Kier molecular flexibility index (Phi) is 8.03. The molecule has 0 spiro atoms. The summed E-state index contributed by atoms with van der Waals surface area (Å²) < 4.78 is 6.24. The van der Waals surface area contributed by atoms with Crippen LogP contribution in [0.1, 0.15) is 29.2 Å². The van der Waals surface area contributed by atoms with Crippen molar-refractivity contribution >= 4 is 11.5 Å². The molecular formula is C32H36N4O2. The number of rotatable bonds is 8. The van der Waals surface area contributed by atoms with Crippen molar-refractivity contribution in [1.29, 1.82) is 0 Å². The maximum atomic E-state index is 13.3. The van der Waals surface area contributed by atoms with Gasteiger partial charge in [0.05, 0.1) is 24.3 Å². The Hall–Kier alpha value is -3.71. The molecule has 2 aliphatic heterocycles. The lowest BCUT2D eigenvalue weighted by molar-refractivity contribution is -0.119. The van der Waals surface area contributed by atoms with Gasteiger partial charge in [-0.15, -0.1) is 0 Å². The topological polar surface area (TPSA) is 88.4 Å². The Morgan fingerprint density at radius 3 is 2.50 bits per heavy atom. The Morgan fingerprint density at radius 1 is 1.00 bits per heavy atom. The summed E-state index contributed by atoms with van der Waals surface area (Å²) in [4.78, 5) is 13.3. The van der Waals surface area contributed by atoms with Gasteiger partial charge in [-0.25, -0.2) is 0 Å². The molecule has 2 aliphatic rings. The molecule has 5 N–H and O–H groups in total. The molecule has 5 rings (SSSR count). The van der Waals surface area contributed by atoms with Crippen LogP contribution < -0.4 is 21.7 Å². The maximum Gasteiger partial charge on any atom is 0.251 e. The van der Waals surface area contributed by atoms with Crippen LogP contribution >= 0.6 is 0 Å². The summed E-state index contributed by atoms with van der Waals surface area (Å²) in [7, 11) is 0. The third-order valence-electron chi connectivity index (χ3n) is 7.39. The van der Waals surface area contributed by atoms with Crippen LogP contribution in [0.5, 0.6) is 0 Å². The zero-order chi connectivity index (χ0) is 26.5. The van der Waals surface area contributed by atoms with E-state index in [9.17, 15) is 4.79 Å². The lowest BCUT2D eigenvalue weighted by Crippen LogP contribution is -2.49. The molecule has 2 heterocycles. The summed E-state index contributed by atoms with van der Waals surface area (Å²) in [6.07, 6.45) is 4.06. The lowest BCUT2D eigenvalue weighted by Gasteiger charge is -2.25. The standard InChI is InChI=1S/C32H36N4O2/c1-3-23-15-22(10-9-21(23)2)20-38-30-19-34-18-29(30)36-32(37)28-16-27(17-35-31(28)33)26-13-11-25(12-14-26)24-7-5-4-6-8-24/h4-17,29-31,34-35H,3,18-20,33H2,1-2H3,(H,36,37). The van der Waals surface area contributed by atoms with Crippen molar-refractivity contribution in [2.24, 2.45) is 5.73 Å². The highest BCUT2D eigenvalue weighted by Crippen LogP contribution is 2.25. The molecule has 1 fully saturated rings. The van der Waals surface area contributed by atoms with Crippen LogP contribution in [-0.4, -0.2) is 37.3 Å². The fourth-order valence-electron chi connectivity index (χ4n) is 5.05. The Balaban J connectivity index is 1.23. The largest absolute Gasteiger partial charge is 0.371 e. The van der Waals surface area contributed by atoms with Crippen molar-refractivity contribution in [2.45, 2.75) is 45.2 Å². The number of hydrogen-bond donors (Lipinski definition) is 4. The second kappa shape index (κ2) is 11.8. The summed E-state index contributed by atoms with van der Waals surface area (Å²) in [5, 5.41) is 9.65. The Morgan fingerprint density at radius 2 is 1.74 bits per heavy atom. The fraction of sp³-hybridized carbons (Fsp3) is 0.281. The van der Waals surface area contributed by atoms with Crippen molar-refractivity contribution in [2.75, 3.05) is 13.1 Å². The number of carbonyl (C=O) groups is 1. The van der Waals surface area contributed by atoms with Crippen molar-refractivity contribution in [3.63, 3.8) is 0 Å². The molecule has 0 radical (unpaired) electrons. The summed E-state index contributed by atoms with van der Waals surface area (Å²) >= 11 is 0. The van der Waals surface area contributed by atoms with Gasteiger partial charge in [-0.05, 0) is 58.4 Å². The number of benzene rings is 3. The highest BCUT2D eigenvalue weighted by molar-refractivity contribution is 5.98. The SMILES string of the molecule is CCc1cc(COC2CNCC2NC(=O)C2=CC(c3ccc(-c4ccccc4)cc3)=CNC2N)ccc1C. The molecular weight excluding hydrogens is 472 g/mol. The number of ether oxygens (including phenoxy) is 1. The molecule has 38 heavy (non-hydrogen) atoms. The molecule has 3 aromatic carbocycles. The van der Waals surface area contributed by atoms with Crippen LogP contribution in [0.25, 0.3) is 16.7 Å². The number of nitrogens with one attached hydrogen (secondary N) is 3. The summed E-state index contributed by atoms with van der Waals surface area (Å²) in [5.41, 5.74) is 14.8. The van der Waals surface area contributed by atoms with E-state index in [-0.39, 0.29) is 18.1 Å². The fourth-order valence-corrected chi connectivity index (χ4v) is 5.05. The predicted octanol–water partition coefficient (Wildman–Crippen LogP) is 4.05. The molecule has 1 saturated heterocycles. The minimum absolute atomic E-state index is 0.112. The van der Waals surface area contributed by atoms with E-state index < -0.39 is 6.17 Å². The minimum atomic E-state index is -0.573. The first-order chi connectivity index (χ1) is 18.5. The van der Waals surface area contributed by atoms with Gasteiger partial charge >= 0.3 is 0 Å². The van der Waals surface area contributed by atoms with Crippen LogP contribution in [-0.2, 0) is 22.6 Å². The smallest absolute Gasteiger partial charge is 0.251 e. The van der Waals surface area contributed by atoms with Crippen LogP contribution in [0.4, 0.5) is 0 Å². The molecule has 6 nitrogen and oxygen atoms in total. The third-order valence-corrected chi connectivity index (χ3v) is 7.39. The highest BCUT2D eigenvalue weighted by Gasteiger charge is 2.31. The summed E-state index contributed by atoms with van der Waals surface area (Å²) in [6, 6.07) is 24.9. The van der Waals surface area contributed by atoms with Gasteiger partial charge in [0.25, 0.3) is 5.91 Å². The molecule has 0 bridgehead atoms. The molecule has 6 heteroatoms. The maximum absolute atomic E-state index is 13.3. The number of carbonyl (C=O) groups excluding carboxylic acids is 1. The average molecular weight is 509 g/mol. The number of amides is 1. The normalized spacial score (nSPS) is 20.9. The van der Waals surface area contributed by atoms with Crippen molar-refractivity contribution in [3.05, 3.63) is 113 Å². The third kappa shape index (κ3) is 5.89. The molecule has 0 aliphatic carbocycles. The molecule has 3 aromatic rings. The molecule has 0 saturated carbocycles. The highest BCUT2D eigenvalue weighted by atomic mass is 16.5. The Labute approximate surface area is 225 Å². The Bertz CT molecular complexity index is 1330. The van der Waals surface area contributed by atoms with Gasteiger partial charge in [0.15, 0.2) is 0 Å². The molecule has 3 unspecified atom stereocenters. The predicted molar refractivity (Wildman–Crippen MR) is 153 cm³/mol. The quantitative estimate of drug-likeness (QED) is 0.369.